The van der Waals surface area contributed by atoms with Crippen LogP contribution >= 0.6 is 0 Å². The Morgan fingerprint density at radius 3 is 2.67 bits per heavy atom. The smallest absolute Gasteiger partial charge is 0.328 e. The Labute approximate surface area is 176 Å². The van der Waals surface area contributed by atoms with Crippen molar-refractivity contribution in [3.05, 3.63) is 23.8 Å². The van der Waals surface area contributed by atoms with E-state index in [1.165, 1.54) is 11.8 Å². The van der Waals surface area contributed by atoms with Crippen LogP contribution in [0.15, 0.2) is 18.2 Å². The Morgan fingerprint density at radius 1 is 1.27 bits per heavy atom. The van der Waals surface area contributed by atoms with Gasteiger partial charge in [0.2, 0.25) is 0 Å². The van der Waals surface area contributed by atoms with E-state index >= 15 is 0 Å². The van der Waals surface area contributed by atoms with Crippen molar-refractivity contribution < 1.29 is 19.1 Å². The first-order valence-corrected chi connectivity index (χ1v) is 10.2. The van der Waals surface area contributed by atoms with E-state index < -0.39 is 18.2 Å². The molecular formula is C21H29N5O4. The third-order valence-electron chi connectivity index (χ3n) is 6.11. The van der Waals surface area contributed by atoms with Crippen LogP contribution < -0.4 is 15.0 Å². The fourth-order valence-electron chi connectivity index (χ4n) is 4.80. The van der Waals surface area contributed by atoms with Crippen molar-refractivity contribution >= 4 is 23.4 Å². The molecule has 0 bridgehead atoms. The average molecular weight is 415 g/mol. The summed E-state index contributed by atoms with van der Waals surface area (Å²) in [6.45, 7) is 6.87. The number of ketones is 1. The summed E-state index contributed by atoms with van der Waals surface area (Å²) >= 11 is 0. The molecule has 4 rings (SSSR count). The van der Waals surface area contributed by atoms with Crippen molar-refractivity contribution in [3.8, 4) is 5.75 Å². The predicted molar refractivity (Wildman–Crippen MR) is 111 cm³/mol. The summed E-state index contributed by atoms with van der Waals surface area (Å²) in [4.78, 5) is 44.6. The molecule has 0 radical (unpaired) electrons. The molecule has 1 aromatic rings. The Kier molecular flexibility index (Phi) is 5.19. The number of benzene rings is 1. The molecular weight excluding hydrogens is 386 g/mol. The number of likely N-dealkylation sites (N-methyl/N-ethyl adjacent to an activating group) is 1. The maximum Gasteiger partial charge on any atom is 0.328 e. The molecule has 3 aliphatic heterocycles. The second-order valence-electron chi connectivity index (χ2n) is 8.58. The van der Waals surface area contributed by atoms with Crippen molar-refractivity contribution in [1.29, 1.82) is 0 Å². The monoisotopic (exact) mass is 415 g/mol. The van der Waals surface area contributed by atoms with Crippen LogP contribution in [0.1, 0.15) is 19.4 Å². The zero-order chi connectivity index (χ0) is 21.7. The van der Waals surface area contributed by atoms with E-state index in [2.05, 4.69) is 28.1 Å². The first kappa shape index (κ1) is 20.6. The highest BCUT2D eigenvalue weighted by Gasteiger charge is 2.57. The molecule has 162 valence electrons. The second-order valence-corrected chi connectivity index (χ2v) is 8.58. The maximum atomic E-state index is 13.3. The van der Waals surface area contributed by atoms with Gasteiger partial charge in [-0.15, -0.1) is 0 Å². The number of ether oxygens (including phenoxy) is 1. The topological polar surface area (TPSA) is 85.4 Å². The molecule has 3 fully saturated rings. The van der Waals surface area contributed by atoms with Crippen LogP contribution in [0.4, 0.5) is 10.5 Å². The Hall–Kier alpha value is -2.65. The highest BCUT2D eigenvalue weighted by molar-refractivity contribution is 6.03. The number of nitrogens with one attached hydrogen (secondary N) is 1. The summed E-state index contributed by atoms with van der Waals surface area (Å²) < 4.78 is 5.61. The molecule has 9 heteroatoms. The van der Waals surface area contributed by atoms with E-state index in [0.29, 0.717) is 12.5 Å². The van der Waals surface area contributed by atoms with Crippen LogP contribution in [0.25, 0.3) is 0 Å². The van der Waals surface area contributed by atoms with Crippen molar-refractivity contribution in [2.75, 3.05) is 38.7 Å². The highest BCUT2D eigenvalue weighted by atomic mass is 16.5. The number of fused-ring (bicyclic) bond motifs is 3. The van der Waals surface area contributed by atoms with E-state index in [0.717, 1.165) is 28.4 Å². The van der Waals surface area contributed by atoms with Crippen molar-refractivity contribution in [1.82, 2.24) is 20.0 Å². The number of imide groups is 1. The van der Waals surface area contributed by atoms with Gasteiger partial charge < -0.3 is 14.5 Å². The molecule has 1 aromatic carbocycles. The number of aryl methyl sites for hydroxylation is 1. The number of carbonyl (C=O) groups excluding carboxylic acids is 3. The van der Waals surface area contributed by atoms with Crippen LogP contribution in [-0.4, -0.2) is 84.7 Å². The number of hydrogen-bond acceptors (Lipinski definition) is 7. The van der Waals surface area contributed by atoms with Crippen LogP contribution in [0.2, 0.25) is 0 Å². The molecule has 3 saturated heterocycles. The Morgan fingerprint density at radius 2 is 2.00 bits per heavy atom. The van der Waals surface area contributed by atoms with Gasteiger partial charge in [-0.3, -0.25) is 24.7 Å². The lowest BCUT2D eigenvalue weighted by molar-refractivity contribution is -0.141. The summed E-state index contributed by atoms with van der Waals surface area (Å²) in [7, 11) is 3.32. The number of methoxy groups -OCH3 is 1. The molecule has 0 aromatic heterocycles. The standard InChI is InChI=1S/C21H29N5O4/c1-12-6-7-16(30-5)15(8-12)24-9-13(2)10-25-17-18(22-20(24)25)23(4)21(29)26(19(17)28)11-14(3)27/h6-8,13,17-18,20,22H,9-11H2,1-5H3. The number of urea groups is 1. The largest absolute Gasteiger partial charge is 0.495 e. The number of carbonyl (C=O) groups is 3. The summed E-state index contributed by atoms with van der Waals surface area (Å²) in [5.74, 6) is 0.520. The first-order chi connectivity index (χ1) is 14.2. The fourth-order valence-corrected chi connectivity index (χ4v) is 4.80. The minimum absolute atomic E-state index is 0.200. The zero-order valence-electron chi connectivity index (χ0n) is 18.1. The normalized spacial score (nSPS) is 29.2. The average Bonchev–Trinajstić information content (AvgIpc) is 3.08. The number of hydrogen-bond donors (Lipinski definition) is 1. The van der Waals surface area contributed by atoms with Crippen LogP contribution in [-0.2, 0) is 9.59 Å². The lowest BCUT2D eigenvalue weighted by atomic mass is 10.0. The van der Waals surface area contributed by atoms with Gasteiger partial charge in [0.25, 0.3) is 5.91 Å². The van der Waals surface area contributed by atoms with Gasteiger partial charge in [0, 0.05) is 20.1 Å². The van der Waals surface area contributed by atoms with Gasteiger partial charge in [0.1, 0.15) is 30.0 Å². The number of nitrogens with zero attached hydrogens (tertiary/aromatic N) is 4. The SMILES string of the molecule is COc1ccc(C)cc1N1CC(C)CN2C3C(=O)N(CC(C)=O)C(=O)N(C)C3NC12. The van der Waals surface area contributed by atoms with E-state index in [1.54, 1.807) is 14.2 Å². The molecule has 0 aliphatic carbocycles. The molecule has 9 nitrogen and oxygen atoms in total. The Bertz CT molecular complexity index is 890. The van der Waals surface area contributed by atoms with Crippen molar-refractivity contribution in [3.63, 3.8) is 0 Å². The summed E-state index contributed by atoms with van der Waals surface area (Å²) in [5.41, 5.74) is 2.06. The van der Waals surface area contributed by atoms with Crippen molar-refractivity contribution in [2.45, 2.75) is 39.3 Å². The quantitative estimate of drug-likeness (QED) is 0.780. The summed E-state index contributed by atoms with van der Waals surface area (Å²) in [6.07, 6.45) is -0.717. The second kappa shape index (κ2) is 7.55. The van der Waals surface area contributed by atoms with Gasteiger partial charge in [-0.2, -0.15) is 0 Å². The first-order valence-electron chi connectivity index (χ1n) is 10.2. The number of anilines is 1. The number of rotatable bonds is 4. The van der Waals surface area contributed by atoms with E-state index in [9.17, 15) is 14.4 Å². The number of amides is 3. The van der Waals surface area contributed by atoms with Gasteiger partial charge in [0.15, 0.2) is 0 Å². The molecule has 0 saturated carbocycles. The molecule has 3 aliphatic rings. The van der Waals surface area contributed by atoms with Crippen molar-refractivity contribution in [2.24, 2.45) is 5.92 Å². The van der Waals surface area contributed by atoms with E-state index in [4.69, 9.17) is 4.74 Å². The summed E-state index contributed by atoms with van der Waals surface area (Å²) in [6, 6.07) is 5.04. The molecule has 4 atom stereocenters. The predicted octanol–water partition coefficient (Wildman–Crippen LogP) is 0.826. The van der Waals surface area contributed by atoms with Gasteiger partial charge in [-0.05, 0) is 37.5 Å². The zero-order valence-corrected chi connectivity index (χ0v) is 18.1. The lowest BCUT2D eigenvalue weighted by Gasteiger charge is -2.46. The van der Waals surface area contributed by atoms with Gasteiger partial charge in [-0.1, -0.05) is 13.0 Å². The third-order valence-corrected chi connectivity index (χ3v) is 6.11. The van der Waals surface area contributed by atoms with Crippen LogP contribution in [0.3, 0.4) is 0 Å². The third kappa shape index (κ3) is 3.22. The van der Waals surface area contributed by atoms with Crippen LogP contribution in [0.5, 0.6) is 5.75 Å². The lowest BCUT2D eigenvalue weighted by Crippen LogP contribution is -2.67. The fraction of sp³-hybridized carbons (Fsp3) is 0.571. The van der Waals surface area contributed by atoms with E-state index in [-0.39, 0.29) is 24.5 Å². The number of Topliss-reactive ketones (excluding diaryl/α,β-unsaturated/α-hetero) is 1. The molecule has 3 amide bonds. The highest BCUT2D eigenvalue weighted by Crippen LogP contribution is 2.38. The van der Waals surface area contributed by atoms with Gasteiger partial charge in [0.05, 0.1) is 19.3 Å². The van der Waals surface area contributed by atoms with Gasteiger partial charge >= 0.3 is 6.03 Å². The van der Waals surface area contributed by atoms with Crippen LogP contribution in [0, 0.1) is 12.8 Å². The maximum absolute atomic E-state index is 13.3. The molecule has 1 N–H and O–H groups in total. The van der Waals surface area contributed by atoms with Gasteiger partial charge in [-0.25, -0.2) is 4.79 Å². The minimum Gasteiger partial charge on any atom is -0.495 e. The molecule has 4 unspecified atom stereocenters. The minimum atomic E-state index is -0.543. The summed E-state index contributed by atoms with van der Waals surface area (Å²) in [5, 5.41) is 3.49. The Balaban J connectivity index is 1.72. The molecule has 30 heavy (non-hydrogen) atoms. The van der Waals surface area contributed by atoms with E-state index in [1.807, 2.05) is 19.1 Å². The molecule has 0 spiro atoms. The molecule has 3 heterocycles.